The van der Waals surface area contributed by atoms with Gasteiger partial charge < -0.3 is 4.90 Å². The van der Waals surface area contributed by atoms with Gasteiger partial charge in [-0.15, -0.1) is 0 Å². The van der Waals surface area contributed by atoms with Crippen LogP contribution in [0.15, 0.2) is 72.8 Å². The largest absolute Gasteiger partial charge is 0.339 e. The number of piperidine rings is 1. The number of ketones is 1. The van der Waals surface area contributed by atoms with Crippen LogP contribution in [-0.4, -0.2) is 29.7 Å². The lowest BCUT2D eigenvalue weighted by atomic mass is 9.88. The minimum atomic E-state index is -0.286. The highest BCUT2D eigenvalue weighted by Gasteiger charge is 2.28. The van der Waals surface area contributed by atoms with Gasteiger partial charge in [-0.25, -0.2) is 4.39 Å². The lowest BCUT2D eigenvalue weighted by molar-refractivity contribution is -0.123. The first kappa shape index (κ1) is 21.5. The second kappa shape index (κ2) is 9.57. The predicted molar refractivity (Wildman–Crippen MR) is 120 cm³/mol. The summed E-state index contributed by atoms with van der Waals surface area (Å²) in [6.07, 6.45) is 1.50. The van der Waals surface area contributed by atoms with Crippen LogP contribution in [0.3, 0.4) is 0 Å². The van der Waals surface area contributed by atoms with E-state index in [4.69, 9.17) is 0 Å². The minimum Gasteiger partial charge on any atom is -0.339 e. The van der Waals surface area contributed by atoms with E-state index in [1.807, 2.05) is 24.3 Å². The topological polar surface area (TPSA) is 61.2 Å². The van der Waals surface area contributed by atoms with Gasteiger partial charge in [-0.1, -0.05) is 54.6 Å². The molecule has 0 N–H and O–H groups in total. The van der Waals surface area contributed by atoms with E-state index in [0.717, 1.165) is 11.1 Å². The molecule has 4 rings (SSSR count). The molecular weight excluding hydrogens is 403 g/mol. The van der Waals surface area contributed by atoms with E-state index in [1.54, 1.807) is 47.4 Å². The highest BCUT2D eigenvalue weighted by atomic mass is 19.1. The maximum atomic E-state index is 14.1. The van der Waals surface area contributed by atoms with Crippen molar-refractivity contribution in [1.29, 1.82) is 5.26 Å². The molecule has 0 aromatic heterocycles. The molecule has 4 nitrogen and oxygen atoms in total. The quantitative estimate of drug-likeness (QED) is 0.575. The fraction of sp³-hybridized carbons (Fsp3) is 0.222. The SMILES string of the molecule is N#Cc1ccccc1C(=O)N1CCC(C(=O)Cc2cccc(-c3ccccc3F)c2)CC1. The Morgan fingerprint density at radius 3 is 2.44 bits per heavy atom. The number of nitriles is 1. The molecule has 1 saturated heterocycles. The number of nitrogens with zero attached hydrogens (tertiary/aromatic N) is 2. The molecule has 3 aromatic rings. The van der Waals surface area contributed by atoms with Gasteiger partial charge in [0.2, 0.25) is 0 Å². The molecule has 0 radical (unpaired) electrons. The minimum absolute atomic E-state index is 0.109. The average Bonchev–Trinajstić information content (AvgIpc) is 2.84. The first-order chi connectivity index (χ1) is 15.6. The summed E-state index contributed by atoms with van der Waals surface area (Å²) in [4.78, 5) is 27.4. The van der Waals surface area contributed by atoms with Crippen LogP contribution >= 0.6 is 0 Å². The summed E-state index contributed by atoms with van der Waals surface area (Å²) in [5, 5.41) is 9.24. The predicted octanol–water partition coefficient (Wildman–Crippen LogP) is 5.03. The molecule has 0 saturated carbocycles. The summed E-state index contributed by atoms with van der Waals surface area (Å²) in [5.74, 6) is -0.417. The zero-order valence-electron chi connectivity index (χ0n) is 17.6. The number of Topliss-reactive ketones (excluding diaryl/α,β-unsaturated/α-hetero) is 1. The van der Waals surface area contributed by atoms with E-state index >= 15 is 0 Å². The summed E-state index contributed by atoms with van der Waals surface area (Å²) in [6.45, 7) is 0.981. The second-order valence-corrected chi connectivity index (χ2v) is 8.05. The number of benzene rings is 3. The standard InChI is InChI=1S/C27H23FN2O2/c28-25-11-4-3-9-23(25)21-8-5-6-19(16-21)17-26(31)20-12-14-30(15-13-20)27(32)24-10-2-1-7-22(24)18-29/h1-11,16,20H,12-15,17H2. The van der Waals surface area contributed by atoms with Gasteiger partial charge >= 0.3 is 0 Å². The van der Waals surface area contributed by atoms with E-state index in [9.17, 15) is 19.2 Å². The van der Waals surface area contributed by atoms with E-state index in [1.165, 1.54) is 6.07 Å². The second-order valence-electron chi connectivity index (χ2n) is 8.05. The van der Waals surface area contributed by atoms with Crippen LogP contribution in [0.4, 0.5) is 4.39 Å². The molecule has 1 heterocycles. The zero-order valence-corrected chi connectivity index (χ0v) is 17.6. The van der Waals surface area contributed by atoms with Crippen molar-refractivity contribution in [2.75, 3.05) is 13.1 Å². The Hall–Kier alpha value is -3.78. The average molecular weight is 426 g/mol. The molecule has 1 aliphatic rings. The number of likely N-dealkylation sites (tertiary alicyclic amines) is 1. The fourth-order valence-corrected chi connectivity index (χ4v) is 4.23. The number of carbonyl (C=O) groups is 2. The Morgan fingerprint density at radius 2 is 1.69 bits per heavy atom. The molecule has 160 valence electrons. The van der Waals surface area contributed by atoms with E-state index < -0.39 is 0 Å². The molecule has 3 aromatic carbocycles. The van der Waals surface area contributed by atoms with E-state index in [2.05, 4.69) is 6.07 Å². The molecule has 32 heavy (non-hydrogen) atoms. The van der Waals surface area contributed by atoms with Gasteiger partial charge in [0.25, 0.3) is 5.91 Å². The van der Waals surface area contributed by atoms with Gasteiger partial charge in [-0.05, 0) is 42.2 Å². The first-order valence-corrected chi connectivity index (χ1v) is 10.7. The third-order valence-corrected chi connectivity index (χ3v) is 6.01. The van der Waals surface area contributed by atoms with Crippen LogP contribution in [0.5, 0.6) is 0 Å². The molecule has 0 unspecified atom stereocenters. The lowest BCUT2D eigenvalue weighted by Gasteiger charge is -2.31. The van der Waals surface area contributed by atoms with Crippen molar-refractivity contribution in [2.24, 2.45) is 5.92 Å². The Labute approximate surface area is 186 Å². The van der Waals surface area contributed by atoms with Gasteiger partial charge in [0, 0.05) is 31.0 Å². The summed E-state index contributed by atoms with van der Waals surface area (Å²) < 4.78 is 14.1. The van der Waals surface area contributed by atoms with Gasteiger partial charge in [0.15, 0.2) is 0 Å². The number of hydrogen-bond donors (Lipinski definition) is 0. The molecule has 1 amide bonds. The third kappa shape index (κ3) is 4.60. The molecule has 0 bridgehead atoms. The van der Waals surface area contributed by atoms with Crippen LogP contribution < -0.4 is 0 Å². The lowest BCUT2D eigenvalue weighted by Crippen LogP contribution is -2.40. The van der Waals surface area contributed by atoms with Crippen molar-refractivity contribution in [1.82, 2.24) is 4.90 Å². The summed E-state index contributed by atoms with van der Waals surface area (Å²) in [6, 6.07) is 22.9. The molecule has 5 heteroatoms. The van der Waals surface area contributed by atoms with Crippen LogP contribution in [-0.2, 0) is 11.2 Å². The Morgan fingerprint density at radius 1 is 0.969 bits per heavy atom. The van der Waals surface area contributed by atoms with E-state index in [0.29, 0.717) is 42.6 Å². The van der Waals surface area contributed by atoms with Crippen molar-refractivity contribution >= 4 is 11.7 Å². The van der Waals surface area contributed by atoms with Gasteiger partial charge in [0.1, 0.15) is 11.6 Å². The summed E-state index contributed by atoms with van der Waals surface area (Å²) >= 11 is 0. The van der Waals surface area contributed by atoms with Crippen LogP contribution in [0.2, 0.25) is 0 Å². The highest BCUT2D eigenvalue weighted by Crippen LogP contribution is 2.26. The molecule has 1 fully saturated rings. The molecule has 0 aliphatic carbocycles. The van der Waals surface area contributed by atoms with Crippen LogP contribution in [0.1, 0.15) is 34.3 Å². The Kier molecular flexibility index (Phi) is 6.42. The number of rotatable bonds is 5. The molecule has 0 spiro atoms. The van der Waals surface area contributed by atoms with Gasteiger partial charge in [0.05, 0.1) is 17.2 Å². The fourth-order valence-electron chi connectivity index (χ4n) is 4.23. The maximum absolute atomic E-state index is 14.1. The molecular formula is C27H23FN2O2. The van der Waals surface area contributed by atoms with Gasteiger partial charge in [-0.3, -0.25) is 9.59 Å². The maximum Gasteiger partial charge on any atom is 0.255 e. The van der Waals surface area contributed by atoms with Crippen molar-refractivity contribution < 1.29 is 14.0 Å². The van der Waals surface area contributed by atoms with Crippen molar-refractivity contribution in [3.05, 3.63) is 95.3 Å². The smallest absolute Gasteiger partial charge is 0.255 e. The Bertz CT molecular complexity index is 1190. The number of hydrogen-bond acceptors (Lipinski definition) is 3. The van der Waals surface area contributed by atoms with Gasteiger partial charge in [-0.2, -0.15) is 5.26 Å². The van der Waals surface area contributed by atoms with E-state index in [-0.39, 0.29) is 29.8 Å². The molecule has 1 aliphatic heterocycles. The number of amides is 1. The van der Waals surface area contributed by atoms with Crippen molar-refractivity contribution in [3.63, 3.8) is 0 Å². The summed E-state index contributed by atoms with van der Waals surface area (Å²) in [5.41, 5.74) is 2.91. The van der Waals surface area contributed by atoms with Crippen LogP contribution in [0, 0.1) is 23.1 Å². The van der Waals surface area contributed by atoms with Crippen molar-refractivity contribution in [2.45, 2.75) is 19.3 Å². The zero-order chi connectivity index (χ0) is 22.5. The Balaban J connectivity index is 1.38. The van der Waals surface area contributed by atoms with Crippen molar-refractivity contribution in [3.8, 4) is 17.2 Å². The summed E-state index contributed by atoms with van der Waals surface area (Å²) in [7, 11) is 0. The normalized spacial score (nSPS) is 14.1. The van der Waals surface area contributed by atoms with Crippen LogP contribution in [0.25, 0.3) is 11.1 Å². The highest BCUT2D eigenvalue weighted by molar-refractivity contribution is 5.96. The number of carbonyl (C=O) groups excluding carboxylic acids is 2. The molecule has 0 atom stereocenters. The first-order valence-electron chi connectivity index (χ1n) is 10.7. The number of halogens is 1. The third-order valence-electron chi connectivity index (χ3n) is 6.01. The monoisotopic (exact) mass is 426 g/mol.